The summed E-state index contributed by atoms with van der Waals surface area (Å²) in [7, 11) is 0. The number of amides is 1. The van der Waals surface area contributed by atoms with E-state index in [1.807, 2.05) is 66.7 Å². The van der Waals surface area contributed by atoms with Crippen molar-refractivity contribution in [2.45, 2.75) is 6.54 Å². The fraction of sp³-hybridized carbons (Fsp3) is 0.0400. The maximum Gasteiger partial charge on any atom is 0.280 e. The molecule has 0 radical (unpaired) electrons. The molecule has 0 spiro atoms. The van der Waals surface area contributed by atoms with Gasteiger partial charge in [-0.3, -0.25) is 14.8 Å². The van der Waals surface area contributed by atoms with Crippen molar-refractivity contribution in [3.8, 4) is 22.6 Å². The summed E-state index contributed by atoms with van der Waals surface area (Å²) in [6.07, 6.45) is 6.82. The van der Waals surface area contributed by atoms with Gasteiger partial charge >= 0.3 is 0 Å². The van der Waals surface area contributed by atoms with Crippen LogP contribution in [0.4, 0.5) is 0 Å². The Bertz CT molecular complexity index is 1360. The Morgan fingerprint density at radius 3 is 2.53 bits per heavy atom. The number of fused-ring (bicyclic) bond motifs is 1. The van der Waals surface area contributed by atoms with Crippen molar-refractivity contribution in [2.75, 3.05) is 0 Å². The lowest BCUT2D eigenvalue weighted by atomic mass is 10.1. The van der Waals surface area contributed by atoms with Gasteiger partial charge in [0.1, 0.15) is 11.3 Å². The lowest BCUT2D eigenvalue weighted by molar-refractivity contribution is 0.0950. The molecule has 0 saturated heterocycles. The molecule has 1 N–H and O–H groups in total. The number of thiazole rings is 1. The highest BCUT2D eigenvalue weighted by atomic mass is 32.1. The predicted molar refractivity (Wildman–Crippen MR) is 125 cm³/mol. The van der Waals surface area contributed by atoms with E-state index in [4.69, 9.17) is 4.74 Å². The minimum Gasteiger partial charge on any atom is -0.453 e. The Morgan fingerprint density at radius 2 is 1.75 bits per heavy atom. The first-order chi connectivity index (χ1) is 15.8. The molecule has 1 amide bonds. The Morgan fingerprint density at radius 1 is 0.906 bits per heavy atom. The number of nitrogens with zero attached hydrogens (tertiary/aromatic N) is 3. The van der Waals surface area contributed by atoms with Crippen molar-refractivity contribution < 1.29 is 9.53 Å². The van der Waals surface area contributed by atoms with Gasteiger partial charge in [-0.1, -0.05) is 30.3 Å². The highest BCUT2D eigenvalue weighted by Gasteiger charge is 2.17. The lowest BCUT2D eigenvalue weighted by Crippen LogP contribution is -2.22. The number of aromatic nitrogens is 3. The Kier molecular flexibility index (Phi) is 5.55. The zero-order chi connectivity index (χ0) is 21.8. The summed E-state index contributed by atoms with van der Waals surface area (Å²) in [5, 5.41) is 3.33. The molecule has 0 aliphatic heterocycles. The molecule has 3 heterocycles. The number of hydrogen-bond acceptors (Lipinski definition) is 6. The monoisotopic (exact) mass is 438 g/mol. The number of pyridine rings is 2. The van der Waals surface area contributed by atoms with E-state index in [1.54, 1.807) is 24.8 Å². The highest BCUT2D eigenvalue weighted by Crippen LogP contribution is 2.37. The second kappa shape index (κ2) is 8.95. The molecule has 32 heavy (non-hydrogen) atoms. The minimum absolute atomic E-state index is 0.215. The van der Waals surface area contributed by atoms with Crippen LogP contribution in [0.5, 0.6) is 11.5 Å². The summed E-state index contributed by atoms with van der Waals surface area (Å²) in [4.78, 5) is 25.6. The number of carbonyl (C=O) groups excluding carboxylic acids is 1. The Hall–Kier alpha value is -4.10. The van der Waals surface area contributed by atoms with E-state index < -0.39 is 0 Å². The molecule has 5 aromatic rings. The number of benzene rings is 2. The van der Waals surface area contributed by atoms with Gasteiger partial charge in [-0.05, 0) is 53.1 Å². The SMILES string of the molecule is O=C(NCc1ccccc1)c1nc2c(Oc3cccnc3)cc(-c3ccncc3)cc2s1. The zero-order valence-electron chi connectivity index (χ0n) is 16.9. The number of nitrogens with one attached hydrogen (secondary N) is 1. The summed E-state index contributed by atoms with van der Waals surface area (Å²) >= 11 is 1.34. The van der Waals surface area contributed by atoms with Crippen LogP contribution in [0.15, 0.2) is 91.5 Å². The first-order valence-electron chi connectivity index (χ1n) is 10.0. The van der Waals surface area contributed by atoms with Crippen molar-refractivity contribution in [1.82, 2.24) is 20.3 Å². The van der Waals surface area contributed by atoms with Crippen LogP contribution in [-0.2, 0) is 6.54 Å². The van der Waals surface area contributed by atoms with Crippen LogP contribution in [0.3, 0.4) is 0 Å². The number of rotatable bonds is 6. The summed E-state index contributed by atoms with van der Waals surface area (Å²) in [6, 6.07) is 21.2. The Labute approximate surface area is 188 Å². The van der Waals surface area contributed by atoms with E-state index in [2.05, 4.69) is 20.3 Å². The maximum atomic E-state index is 12.8. The molecule has 156 valence electrons. The molecule has 7 heteroatoms. The number of carbonyl (C=O) groups is 1. The fourth-order valence-electron chi connectivity index (χ4n) is 3.27. The second-order valence-corrected chi connectivity index (χ2v) is 8.07. The van der Waals surface area contributed by atoms with Crippen molar-refractivity contribution in [1.29, 1.82) is 0 Å². The van der Waals surface area contributed by atoms with Crippen molar-refractivity contribution in [3.63, 3.8) is 0 Å². The molecule has 0 saturated carbocycles. The molecule has 0 bridgehead atoms. The first kappa shape index (κ1) is 19.8. The molecule has 5 rings (SSSR count). The third-order valence-electron chi connectivity index (χ3n) is 4.83. The molecule has 0 unspecified atom stereocenters. The minimum atomic E-state index is -0.215. The molecule has 0 atom stereocenters. The van der Waals surface area contributed by atoms with E-state index in [9.17, 15) is 4.79 Å². The smallest absolute Gasteiger partial charge is 0.280 e. The molecular formula is C25H18N4O2S. The topological polar surface area (TPSA) is 77.0 Å². The third kappa shape index (κ3) is 4.33. The van der Waals surface area contributed by atoms with Gasteiger partial charge in [0.15, 0.2) is 10.8 Å². The van der Waals surface area contributed by atoms with Crippen LogP contribution in [-0.4, -0.2) is 20.9 Å². The van der Waals surface area contributed by atoms with E-state index in [0.717, 1.165) is 21.4 Å². The van der Waals surface area contributed by atoms with Gasteiger partial charge in [0.05, 0.1) is 10.9 Å². The molecule has 2 aromatic carbocycles. The van der Waals surface area contributed by atoms with Gasteiger partial charge in [-0.2, -0.15) is 0 Å². The van der Waals surface area contributed by atoms with Crippen LogP contribution < -0.4 is 10.1 Å². The summed E-state index contributed by atoms with van der Waals surface area (Å²) in [6.45, 7) is 0.441. The van der Waals surface area contributed by atoms with Gasteiger partial charge in [-0.15, -0.1) is 11.3 Å². The predicted octanol–water partition coefficient (Wildman–Crippen LogP) is 5.48. The van der Waals surface area contributed by atoms with Crippen molar-refractivity contribution in [2.24, 2.45) is 0 Å². The van der Waals surface area contributed by atoms with Gasteiger partial charge in [0, 0.05) is 25.1 Å². The van der Waals surface area contributed by atoms with Crippen LogP contribution in [0.1, 0.15) is 15.4 Å². The van der Waals surface area contributed by atoms with E-state index in [1.165, 1.54) is 11.3 Å². The quantitative estimate of drug-likeness (QED) is 0.380. The van der Waals surface area contributed by atoms with Crippen LogP contribution in [0.25, 0.3) is 21.3 Å². The first-order valence-corrected chi connectivity index (χ1v) is 10.8. The van der Waals surface area contributed by atoms with Crippen LogP contribution in [0, 0.1) is 0 Å². The van der Waals surface area contributed by atoms with Crippen molar-refractivity contribution >= 4 is 27.5 Å². The molecule has 3 aromatic heterocycles. The summed E-state index contributed by atoms with van der Waals surface area (Å²) in [5.74, 6) is 0.956. The Balaban J connectivity index is 1.51. The molecule has 6 nitrogen and oxygen atoms in total. The number of ether oxygens (including phenoxy) is 1. The molecular weight excluding hydrogens is 420 g/mol. The van der Waals surface area contributed by atoms with Crippen LogP contribution in [0.2, 0.25) is 0 Å². The van der Waals surface area contributed by atoms with E-state index in [-0.39, 0.29) is 5.91 Å². The van der Waals surface area contributed by atoms with Gasteiger partial charge in [0.2, 0.25) is 0 Å². The van der Waals surface area contributed by atoms with E-state index in [0.29, 0.717) is 28.6 Å². The molecule has 0 aliphatic carbocycles. The van der Waals surface area contributed by atoms with E-state index >= 15 is 0 Å². The standard InChI is InChI=1S/C25H18N4O2S/c30-24(28-15-17-5-2-1-3-6-17)25-29-23-21(31-20-7-4-10-27-16-20)13-19(14-22(23)32-25)18-8-11-26-12-9-18/h1-14,16H,15H2,(H,28,30). The second-order valence-electron chi connectivity index (χ2n) is 7.04. The maximum absolute atomic E-state index is 12.8. The van der Waals surface area contributed by atoms with Gasteiger partial charge in [-0.25, -0.2) is 4.98 Å². The molecule has 0 aliphatic rings. The summed E-state index contributed by atoms with van der Waals surface area (Å²) < 4.78 is 6.97. The normalized spacial score (nSPS) is 10.8. The zero-order valence-corrected chi connectivity index (χ0v) is 17.8. The van der Waals surface area contributed by atoms with Crippen LogP contribution >= 0.6 is 11.3 Å². The molecule has 0 fully saturated rings. The highest BCUT2D eigenvalue weighted by molar-refractivity contribution is 7.20. The average Bonchev–Trinajstić information content (AvgIpc) is 3.29. The number of hydrogen-bond donors (Lipinski definition) is 1. The fourth-order valence-corrected chi connectivity index (χ4v) is 4.21. The lowest BCUT2D eigenvalue weighted by Gasteiger charge is -2.09. The average molecular weight is 439 g/mol. The largest absolute Gasteiger partial charge is 0.453 e. The summed E-state index contributed by atoms with van der Waals surface area (Å²) in [5.41, 5.74) is 3.63. The third-order valence-corrected chi connectivity index (χ3v) is 5.83. The van der Waals surface area contributed by atoms with Crippen molar-refractivity contribution in [3.05, 3.63) is 102 Å². The van der Waals surface area contributed by atoms with Gasteiger partial charge < -0.3 is 10.1 Å². The van der Waals surface area contributed by atoms with Gasteiger partial charge in [0.25, 0.3) is 5.91 Å².